The van der Waals surface area contributed by atoms with Gasteiger partial charge in [0.25, 0.3) is 0 Å². The average molecular weight is 344 g/mol. The molecule has 0 unspecified atom stereocenters. The fourth-order valence-corrected chi connectivity index (χ4v) is 3.29. The molecular weight excluding hydrogens is 328 g/mol. The van der Waals surface area contributed by atoms with Gasteiger partial charge in [0.15, 0.2) is 0 Å². The highest BCUT2D eigenvalue weighted by molar-refractivity contribution is 7.12. The normalized spacial score (nSPS) is 11.4. The van der Waals surface area contributed by atoms with Crippen molar-refractivity contribution < 1.29 is 0 Å². The van der Waals surface area contributed by atoms with Gasteiger partial charge < -0.3 is 0 Å². The molecule has 0 amide bonds. The van der Waals surface area contributed by atoms with Gasteiger partial charge in [0.2, 0.25) is 4.80 Å². The molecule has 0 fully saturated rings. The number of nitrogens with one attached hydrogen (secondary N) is 1. The molecule has 25 heavy (non-hydrogen) atoms. The van der Waals surface area contributed by atoms with Crippen molar-refractivity contribution in [3.8, 4) is 16.3 Å². The Balaban J connectivity index is 1.80. The van der Waals surface area contributed by atoms with Crippen molar-refractivity contribution in [1.82, 2.24) is 9.78 Å². The van der Waals surface area contributed by atoms with Gasteiger partial charge in [-0.3, -0.25) is 5.43 Å². The van der Waals surface area contributed by atoms with Crippen LogP contribution in [-0.2, 0) is 0 Å². The van der Waals surface area contributed by atoms with E-state index in [9.17, 15) is 0 Å². The maximum Gasteiger partial charge on any atom is 0.231 e. The summed E-state index contributed by atoms with van der Waals surface area (Å²) in [6.45, 7) is 0. The lowest BCUT2D eigenvalue weighted by atomic mass is 10.2. The van der Waals surface area contributed by atoms with Crippen LogP contribution in [0.15, 0.2) is 96.1 Å². The van der Waals surface area contributed by atoms with Crippen LogP contribution in [0.1, 0.15) is 0 Å². The molecule has 4 aromatic rings. The second-order valence-corrected chi connectivity index (χ2v) is 6.35. The van der Waals surface area contributed by atoms with Crippen LogP contribution in [0.4, 0.5) is 5.69 Å². The summed E-state index contributed by atoms with van der Waals surface area (Å²) in [4.78, 5) is 0.786. The van der Waals surface area contributed by atoms with Crippen LogP contribution in [0.3, 0.4) is 0 Å². The van der Waals surface area contributed by atoms with E-state index in [1.54, 1.807) is 11.3 Å². The van der Waals surface area contributed by atoms with Crippen molar-refractivity contribution in [2.75, 3.05) is 5.43 Å². The van der Waals surface area contributed by atoms with E-state index in [4.69, 9.17) is 5.10 Å². The highest BCUT2D eigenvalue weighted by Gasteiger charge is 2.08. The number of rotatable bonds is 4. The quantitative estimate of drug-likeness (QED) is 0.553. The second-order valence-electron chi connectivity index (χ2n) is 5.39. The minimum absolute atomic E-state index is 0.786. The van der Waals surface area contributed by atoms with E-state index in [2.05, 4.69) is 22.7 Å². The van der Waals surface area contributed by atoms with Gasteiger partial charge in [0, 0.05) is 5.56 Å². The third-order valence-electron chi connectivity index (χ3n) is 3.64. The molecule has 0 spiro atoms. The van der Waals surface area contributed by atoms with Crippen molar-refractivity contribution >= 4 is 17.0 Å². The first-order chi connectivity index (χ1) is 12.4. The standard InChI is InChI=1S/C20H16N4S/c1-4-10-16(11-5-1)19-23-24(18-14-8-3-9-15-18)20(25-19)22-21-17-12-6-2-7-13-17/h1-15,21H/b22-20+. The Hall–Kier alpha value is -3.18. The molecule has 0 aliphatic rings. The van der Waals surface area contributed by atoms with E-state index in [1.807, 2.05) is 83.5 Å². The van der Waals surface area contributed by atoms with Gasteiger partial charge >= 0.3 is 0 Å². The fourth-order valence-electron chi connectivity index (χ4n) is 2.41. The number of benzene rings is 3. The molecular formula is C20H16N4S. The van der Waals surface area contributed by atoms with Crippen molar-refractivity contribution in [3.63, 3.8) is 0 Å². The van der Waals surface area contributed by atoms with Crippen molar-refractivity contribution in [3.05, 3.63) is 95.8 Å². The number of anilines is 1. The van der Waals surface area contributed by atoms with Crippen LogP contribution >= 0.6 is 11.3 Å². The Bertz CT molecular complexity index is 1010. The maximum absolute atomic E-state index is 4.76. The molecule has 0 saturated carbocycles. The van der Waals surface area contributed by atoms with Gasteiger partial charge in [0.1, 0.15) is 5.01 Å². The zero-order valence-corrected chi connectivity index (χ0v) is 14.2. The monoisotopic (exact) mass is 344 g/mol. The summed E-state index contributed by atoms with van der Waals surface area (Å²) in [5.41, 5.74) is 6.11. The summed E-state index contributed by atoms with van der Waals surface area (Å²) in [5, 5.41) is 10.3. The van der Waals surface area contributed by atoms with Crippen LogP contribution in [0.25, 0.3) is 16.3 Å². The van der Waals surface area contributed by atoms with Crippen LogP contribution in [-0.4, -0.2) is 9.78 Å². The van der Waals surface area contributed by atoms with E-state index in [1.165, 1.54) is 0 Å². The Labute approximate surface area is 149 Å². The van der Waals surface area contributed by atoms with Crippen LogP contribution < -0.4 is 10.2 Å². The molecule has 0 bridgehead atoms. The highest BCUT2D eigenvalue weighted by Crippen LogP contribution is 2.20. The van der Waals surface area contributed by atoms with Gasteiger partial charge in [0.05, 0.1) is 11.4 Å². The van der Waals surface area contributed by atoms with Crippen molar-refractivity contribution in [2.45, 2.75) is 0 Å². The topological polar surface area (TPSA) is 42.2 Å². The minimum atomic E-state index is 0.786. The summed E-state index contributed by atoms with van der Waals surface area (Å²) >= 11 is 1.55. The van der Waals surface area contributed by atoms with Crippen molar-refractivity contribution in [1.29, 1.82) is 0 Å². The van der Waals surface area contributed by atoms with E-state index in [0.29, 0.717) is 0 Å². The molecule has 0 aliphatic carbocycles. The number of hydrogen-bond donors (Lipinski definition) is 1. The SMILES string of the molecule is c1ccc(N/N=c2/sc(-c3ccccc3)nn2-c2ccccc2)cc1. The smallest absolute Gasteiger partial charge is 0.231 e. The molecule has 122 valence electrons. The Morgan fingerprint density at radius 1 is 0.760 bits per heavy atom. The zero-order chi connectivity index (χ0) is 16.9. The Morgan fingerprint density at radius 2 is 1.36 bits per heavy atom. The Kier molecular flexibility index (Phi) is 4.39. The molecule has 0 atom stereocenters. The molecule has 0 radical (unpaired) electrons. The third kappa shape index (κ3) is 3.51. The summed E-state index contributed by atoms with van der Waals surface area (Å²) in [6.07, 6.45) is 0. The average Bonchev–Trinajstić information content (AvgIpc) is 3.13. The maximum atomic E-state index is 4.76. The fraction of sp³-hybridized carbons (Fsp3) is 0. The molecule has 1 N–H and O–H groups in total. The number of para-hydroxylation sites is 2. The number of nitrogens with zero attached hydrogens (tertiary/aromatic N) is 3. The minimum Gasteiger partial charge on any atom is -0.276 e. The van der Waals surface area contributed by atoms with Gasteiger partial charge in [-0.05, 0) is 24.3 Å². The van der Waals surface area contributed by atoms with Crippen molar-refractivity contribution in [2.24, 2.45) is 5.10 Å². The lowest BCUT2D eigenvalue weighted by Gasteiger charge is -2.01. The Morgan fingerprint density at radius 3 is 2.04 bits per heavy atom. The molecule has 4 rings (SSSR count). The second kappa shape index (κ2) is 7.15. The van der Waals surface area contributed by atoms with Crippen LogP contribution in [0.2, 0.25) is 0 Å². The lowest BCUT2D eigenvalue weighted by Crippen LogP contribution is -2.16. The summed E-state index contributed by atoms with van der Waals surface area (Å²) < 4.78 is 1.86. The summed E-state index contributed by atoms with van der Waals surface area (Å²) in [6, 6.07) is 30.1. The molecule has 3 aromatic carbocycles. The lowest BCUT2D eigenvalue weighted by molar-refractivity contribution is 0.831. The zero-order valence-electron chi connectivity index (χ0n) is 13.4. The largest absolute Gasteiger partial charge is 0.276 e. The van der Waals surface area contributed by atoms with Gasteiger partial charge in [-0.2, -0.15) is 5.10 Å². The van der Waals surface area contributed by atoms with E-state index >= 15 is 0 Å². The van der Waals surface area contributed by atoms with E-state index < -0.39 is 0 Å². The van der Waals surface area contributed by atoms with Crippen LogP contribution in [0, 0.1) is 0 Å². The molecule has 0 saturated heterocycles. The van der Waals surface area contributed by atoms with Gasteiger partial charge in [-0.15, -0.1) is 5.10 Å². The first kappa shape index (κ1) is 15.4. The molecule has 1 heterocycles. The first-order valence-corrected chi connectivity index (χ1v) is 8.77. The summed E-state index contributed by atoms with van der Waals surface area (Å²) in [5.74, 6) is 0. The van der Waals surface area contributed by atoms with Crippen LogP contribution in [0.5, 0.6) is 0 Å². The summed E-state index contributed by atoms with van der Waals surface area (Å²) in [7, 11) is 0. The number of aromatic nitrogens is 2. The van der Waals surface area contributed by atoms with E-state index in [-0.39, 0.29) is 0 Å². The predicted molar refractivity (Wildman–Crippen MR) is 103 cm³/mol. The molecule has 5 heteroatoms. The van der Waals surface area contributed by atoms with Gasteiger partial charge in [-0.25, -0.2) is 4.68 Å². The number of hydrogen-bond acceptors (Lipinski definition) is 4. The first-order valence-electron chi connectivity index (χ1n) is 7.96. The van der Waals surface area contributed by atoms with E-state index in [0.717, 1.165) is 26.7 Å². The van der Waals surface area contributed by atoms with Gasteiger partial charge in [-0.1, -0.05) is 78.1 Å². The molecule has 0 aliphatic heterocycles. The molecule has 4 nitrogen and oxygen atoms in total. The highest BCUT2D eigenvalue weighted by atomic mass is 32.1. The predicted octanol–water partition coefficient (Wildman–Crippen LogP) is 4.53. The third-order valence-corrected chi connectivity index (χ3v) is 4.59. The molecule has 1 aromatic heterocycles.